The van der Waals surface area contributed by atoms with E-state index in [1.165, 1.54) is 28.3 Å². The number of aryl methyl sites for hydroxylation is 1. The van der Waals surface area contributed by atoms with Crippen molar-refractivity contribution in [2.75, 3.05) is 18.0 Å². The highest BCUT2D eigenvalue weighted by atomic mass is 32.1. The van der Waals surface area contributed by atoms with E-state index in [9.17, 15) is 0 Å². The highest BCUT2D eigenvalue weighted by molar-refractivity contribution is 7.80. The largest absolute Gasteiger partial charge is 0.372 e. The van der Waals surface area contributed by atoms with Gasteiger partial charge in [-0.2, -0.15) is 0 Å². The van der Waals surface area contributed by atoms with Crippen molar-refractivity contribution in [2.24, 2.45) is 0 Å². The van der Waals surface area contributed by atoms with Crippen molar-refractivity contribution in [1.29, 1.82) is 0 Å². The molecule has 0 aliphatic carbocycles. The number of pyridine rings is 2. The Balaban J connectivity index is 1.56. The molecule has 0 spiro atoms. The van der Waals surface area contributed by atoms with Gasteiger partial charge in [0.15, 0.2) is 5.11 Å². The molecular weight excluding hydrogens is 476 g/mol. The Labute approximate surface area is 225 Å². The molecule has 3 aromatic heterocycles. The van der Waals surface area contributed by atoms with Gasteiger partial charge in [-0.1, -0.05) is 12.1 Å². The maximum Gasteiger partial charge on any atom is 0.170 e. The van der Waals surface area contributed by atoms with E-state index in [2.05, 4.69) is 94.8 Å². The molecule has 1 fully saturated rings. The Morgan fingerprint density at radius 3 is 2.41 bits per heavy atom. The van der Waals surface area contributed by atoms with Gasteiger partial charge >= 0.3 is 0 Å². The molecule has 1 aromatic carbocycles. The molecule has 0 saturated carbocycles. The minimum absolute atomic E-state index is 0.00231. The fourth-order valence-corrected chi connectivity index (χ4v) is 5.79. The van der Waals surface area contributed by atoms with Crippen LogP contribution in [0.3, 0.4) is 0 Å². The number of hydrogen-bond acceptors (Lipinski definition) is 4. The summed E-state index contributed by atoms with van der Waals surface area (Å²) in [7, 11) is 0. The smallest absolute Gasteiger partial charge is 0.170 e. The van der Waals surface area contributed by atoms with Gasteiger partial charge in [0, 0.05) is 61.0 Å². The van der Waals surface area contributed by atoms with Crippen LogP contribution in [0.2, 0.25) is 0 Å². The lowest BCUT2D eigenvalue weighted by Crippen LogP contribution is -2.29. The maximum absolute atomic E-state index is 5.89. The van der Waals surface area contributed by atoms with Crippen molar-refractivity contribution < 1.29 is 0 Å². The van der Waals surface area contributed by atoms with Crippen LogP contribution in [0, 0.1) is 13.8 Å². The number of aromatic nitrogens is 3. The SMILES string of the molecule is CCN(CC)c1ccc(-n2c(C)cc([C@H]3[C@@H](c4ccccn4)NC(=S)N3Cc3cccnc3)c2C)cc1. The zero-order valence-electron chi connectivity index (χ0n) is 21.9. The zero-order chi connectivity index (χ0) is 25.9. The molecule has 1 saturated heterocycles. The van der Waals surface area contributed by atoms with E-state index in [1.807, 2.05) is 30.6 Å². The lowest BCUT2D eigenvalue weighted by molar-refractivity contribution is 0.310. The van der Waals surface area contributed by atoms with Crippen LogP contribution in [0.4, 0.5) is 5.69 Å². The first-order chi connectivity index (χ1) is 18.0. The van der Waals surface area contributed by atoms with Gasteiger partial charge < -0.3 is 19.7 Å². The molecule has 4 heterocycles. The minimum Gasteiger partial charge on any atom is -0.372 e. The predicted octanol–water partition coefficient (Wildman–Crippen LogP) is 5.90. The monoisotopic (exact) mass is 510 g/mol. The molecule has 0 amide bonds. The molecule has 0 unspecified atom stereocenters. The predicted molar refractivity (Wildman–Crippen MR) is 154 cm³/mol. The van der Waals surface area contributed by atoms with Gasteiger partial charge in [-0.25, -0.2) is 0 Å². The van der Waals surface area contributed by atoms with Gasteiger partial charge in [-0.15, -0.1) is 0 Å². The molecule has 37 heavy (non-hydrogen) atoms. The fraction of sp³-hybridized carbons (Fsp3) is 0.300. The van der Waals surface area contributed by atoms with Crippen LogP contribution >= 0.6 is 12.2 Å². The Morgan fingerprint density at radius 2 is 1.76 bits per heavy atom. The van der Waals surface area contributed by atoms with Crippen molar-refractivity contribution in [3.05, 3.63) is 107 Å². The van der Waals surface area contributed by atoms with E-state index in [4.69, 9.17) is 17.2 Å². The number of benzene rings is 1. The first kappa shape index (κ1) is 25.0. The van der Waals surface area contributed by atoms with E-state index in [0.29, 0.717) is 6.54 Å². The van der Waals surface area contributed by atoms with E-state index in [-0.39, 0.29) is 12.1 Å². The van der Waals surface area contributed by atoms with Gasteiger partial charge in [0.05, 0.1) is 17.8 Å². The normalized spacial score (nSPS) is 17.2. The minimum atomic E-state index is -0.0515. The van der Waals surface area contributed by atoms with Crippen molar-refractivity contribution >= 4 is 23.0 Å². The molecule has 5 rings (SSSR count). The maximum atomic E-state index is 5.89. The number of anilines is 1. The second-order valence-electron chi connectivity index (χ2n) is 9.47. The summed E-state index contributed by atoms with van der Waals surface area (Å²) in [5.74, 6) is 0. The second kappa shape index (κ2) is 10.7. The first-order valence-corrected chi connectivity index (χ1v) is 13.3. The van der Waals surface area contributed by atoms with Crippen LogP contribution in [-0.2, 0) is 6.54 Å². The molecule has 190 valence electrons. The number of rotatable bonds is 8. The molecule has 1 aliphatic rings. The van der Waals surface area contributed by atoms with Crippen LogP contribution < -0.4 is 10.2 Å². The van der Waals surface area contributed by atoms with Gasteiger partial charge in [-0.05, 0) is 99.6 Å². The molecule has 7 heteroatoms. The molecule has 0 bridgehead atoms. The third-order valence-electron chi connectivity index (χ3n) is 7.30. The summed E-state index contributed by atoms with van der Waals surface area (Å²) in [6.45, 7) is 11.4. The van der Waals surface area contributed by atoms with Crippen molar-refractivity contribution in [1.82, 2.24) is 24.8 Å². The van der Waals surface area contributed by atoms with E-state index < -0.39 is 0 Å². The quantitative estimate of drug-likeness (QED) is 0.298. The number of nitrogens with one attached hydrogen (secondary N) is 1. The van der Waals surface area contributed by atoms with E-state index in [1.54, 1.807) is 6.20 Å². The lowest BCUT2D eigenvalue weighted by atomic mass is 9.96. The highest BCUT2D eigenvalue weighted by Crippen LogP contribution is 2.42. The van der Waals surface area contributed by atoms with Gasteiger partial charge in [0.1, 0.15) is 0 Å². The topological polar surface area (TPSA) is 49.2 Å². The van der Waals surface area contributed by atoms with E-state index in [0.717, 1.165) is 29.5 Å². The standard InChI is InChI=1S/C30H34N6S/c1-5-34(6-2)24-12-14-25(15-13-24)36-21(3)18-26(22(36)4)29-28(27-11-7-8-17-32-27)33-30(37)35(29)20-23-10-9-16-31-19-23/h7-19,28-29H,5-6,20H2,1-4H3,(H,33,37)/t28-,29+/m1/s1. The Kier molecular flexibility index (Phi) is 7.24. The van der Waals surface area contributed by atoms with Crippen LogP contribution in [0.5, 0.6) is 0 Å². The molecule has 1 aliphatic heterocycles. The Morgan fingerprint density at radius 1 is 0.973 bits per heavy atom. The van der Waals surface area contributed by atoms with Crippen LogP contribution in [0.15, 0.2) is 79.3 Å². The third-order valence-corrected chi connectivity index (χ3v) is 7.65. The Hall–Kier alpha value is -3.71. The molecule has 1 N–H and O–H groups in total. The first-order valence-electron chi connectivity index (χ1n) is 12.9. The third kappa shape index (κ3) is 4.83. The summed E-state index contributed by atoms with van der Waals surface area (Å²) in [5, 5.41) is 4.31. The summed E-state index contributed by atoms with van der Waals surface area (Å²) >= 11 is 5.89. The molecule has 0 radical (unpaired) electrons. The molecule has 6 nitrogen and oxygen atoms in total. The van der Waals surface area contributed by atoms with Crippen molar-refractivity contribution in [3.8, 4) is 5.69 Å². The summed E-state index contributed by atoms with van der Waals surface area (Å²) in [6.07, 6.45) is 5.56. The summed E-state index contributed by atoms with van der Waals surface area (Å²) in [6, 6.07) is 21.3. The lowest BCUT2D eigenvalue weighted by Gasteiger charge is -2.28. The Bertz CT molecular complexity index is 1350. The zero-order valence-corrected chi connectivity index (χ0v) is 22.7. The van der Waals surface area contributed by atoms with Gasteiger partial charge in [-0.3, -0.25) is 9.97 Å². The average molecular weight is 511 g/mol. The molecule has 4 aromatic rings. The van der Waals surface area contributed by atoms with Crippen LogP contribution in [0.1, 0.15) is 54.1 Å². The summed E-state index contributed by atoms with van der Waals surface area (Å²) in [4.78, 5) is 13.7. The summed E-state index contributed by atoms with van der Waals surface area (Å²) in [5.41, 5.74) is 8.18. The molecular formula is C30H34N6S. The second-order valence-corrected chi connectivity index (χ2v) is 9.85. The summed E-state index contributed by atoms with van der Waals surface area (Å²) < 4.78 is 2.35. The fourth-order valence-electron chi connectivity index (χ4n) is 5.49. The van der Waals surface area contributed by atoms with Crippen molar-refractivity contribution in [3.63, 3.8) is 0 Å². The highest BCUT2D eigenvalue weighted by Gasteiger charge is 2.41. The average Bonchev–Trinajstić information content (AvgIpc) is 3.40. The number of nitrogens with zero attached hydrogens (tertiary/aromatic N) is 5. The van der Waals surface area contributed by atoms with Gasteiger partial charge in [0.25, 0.3) is 0 Å². The van der Waals surface area contributed by atoms with Crippen molar-refractivity contribution in [2.45, 2.75) is 46.3 Å². The number of thiocarbonyl (C=S) groups is 1. The van der Waals surface area contributed by atoms with Crippen LogP contribution in [-0.4, -0.2) is 37.6 Å². The van der Waals surface area contributed by atoms with Gasteiger partial charge in [0.2, 0.25) is 0 Å². The van der Waals surface area contributed by atoms with Crippen LogP contribution in [0.25, 0.3) is 5.69 Å². The number of hydrogen-bond donors (Lipinski definition) is 1. The van der Waals surface area contributed by atoms with E-state index >= 15 is 0 Å². The molecule has 2 atom stereocenters.